The normalized spacial score (nSPS) is 11.4. The highest BCUT2D eigenvalue weighted by molar-refractivity contribution is 6.30. The van der Waals surface area contributed by atoms with E-state index in [0.717, 1.165) is 39.6 Å². The Hall–Kier alpha value is -3.05. The maximum atomic E-state index is 12.6. The molecule has 0 bridgehead atoms. The zero-order valence-corrected chi connectivity index (χ0v) is 18.6. The number of halogens is 1. The van der Waals surface area contributed by atoms with Crippen molar-refractivity contribution < 1.29 is 13.6 Å². The molecule has 0 spiro atoms. The minimum Gasteiger partial charge on any atom is -0.461 e. The van der Waals surface area contributed by atoms with Crippen LogP contribution in [-0.4, -0.2) is 12.5 Å². The lowest BCUT2D eigenvalue weighted by Crippen LogP contribution is -2.26. The summed E-state index contributed by atoms with van der Waals surface area (Å²) in [6, 6.07) is 11.3. The minimum absolute atomic E-state index is 0.0929. The second-order valence-electron chi connectivity index (χ2n) is 7.85. The second-order valence-corrected chi connectivity index (χ2v) is 8.28. The lowest BCUT2D eigenvalue weighted by molar-refractivity contribution is -0.121. The van der Waals surface area contributed by atoms with Crippen LogP contribution in [0.5, 0.6) is 0 Å². The van der Waals surface area contributed by atoms with Gasteiger partial charge in [-0.3, -0.25) is 4.79 Å². The summed E-state index contributed by atoms with van der Waals surface area (Å²) in [6.07, 6.45) is 1.28. The van der Waals surface area contributed by atoms with Crippen molar-refractivity contribution in [3.05, 3.63) is 79.9 Å². The van der Waals surface area contributed by atoms with Gasteiger partial charge in [0.25, 0.3) is 0 Å². The van der Waals surface area contributed by atoms with Crippen molar-refractivity contribution in [2.24, 2.45) is 0 Å². The molecule has 0 aliphatic rings. The largest absolute Gasteiger partial charge is 0.461 e. The monoisotopic (exact) mass is 437 g/mol. The third-order valence-corrected chi connectivity index (χ3v) is 6.09. The molecule has 0 atom stereocenters. The van der Waals surface area contributed by atoms with Crippen molar-refractivity contribution in [3.8, 4) is 0 Å². The summed E-state index contributed by atoms with van der Waals surface area (Å²) in [4.78, 5) is 24.9. The van der Waals surface area contributed by atoms with Gasteiger partial charge in [-0.1, -0.05) is 23.7 Å². The summed E-state index contributed by atoms with van der Waals surface area (Å²) >= 11 is 5.89. The van der Waals surface area contributed by atoms with Crippen molar-refractivity contribution in [1.82, 2.24) is 5.32 Å². The van der Waals surface area contributed by atoms with Crippen LogP contribution < -0.4 is 10.9 Å². The van der Waals surface area contributed by atoms with Crippen LogP contribution in [0.1, 0.15) is 34.4 Å². The van der Waals surface area contributed by atoms with Gasteiger partial charge in [-0.25, -0.2) is 4.79 Å². The highest BCUT2D eigenvalue weighted by atomic mass is 35.5. The fraction of sp³-hybridized carbons (Fsp3) is 0.280. The number of nitrogens with one attached hydrogen (secondary N) is 1. The van der Waals surface area contributed by atoms with E-state index in [9.17, 15) is 9.59 Å². The second kappa shape index (κ2) is 8.60. The Bertz CT molecular complexity index is 1330. The zero-order chi connectivity index (χ0) is 22.1. The number of benzene rings is 2. The molecule has 6 heteroatoms. The Labute approximate surface area is 185 Å². The van der Waals surface area contributed by atoms with Crippen LogP contribution in [0, 0.1) is 20.8 Å². The molecule has 1 amide bonds. The molecule has 0 fully saturated rings. The fourth-order valence-electron chi connectivity index (χ4n) is 3.84. The molecule has 0 radical (unpaired) electrons. The summed E-state index contributed by atoms with van der Waals surface area (Å²) in [6.45, 7) is 6.36. The maximum absolute atomic E-state index is 12.6. The first-order valence-corrected chi connectivity index (χ1v) is 10.7. The number of fused-ring (bicyclic) bond motifs is 2. The minimum atomic E-state index is -0.404. The van der Waals surface area contributed by atoms with Gasteiger partial charge in [-0.05, 0) is 68.5 Å². The Morgan fingerprint density at radius 1 is 0.935 bits per heavy atom. The fourth-order valence-corrected chi connectivity index (χ4v) is 3.96. The molecule has 0 unspecified atom stereocenters. The molecule has 0 aliphatic carbocycles. The van der Waals surface area contributed by atoms with Crippen molar-refractivity contribution >= 4 is 39.4 Å². The van der Waals surface area contributed by atoms with E-state index in [2.05, 4.69) is 5.32 Å². The Kier molecular flexibility index (Phi) is 5.88. The number of rotatable bonds is 6. The van der Waals surface area contributed by atoms with E-state index >= 15 is 0 Å². The third kappa shape index (κ3) is 4.37. The molecule has 2 heterocycles. The standard InChI is InChI=1S/C25H24ClNO4/c1-14-16(3)30-22-13-23-21(12-20(14)22)15(2)19(25(29)31-23)8-9-24(28)27-11-10-17-4-6-18(26)7-5-17/h4-7,12-13H,8-11H2,1-3H3,(H,27,28). The molecular weight excluding hydrogens is 414 g/mol. The van der Waals surface area contributed by atoms with Crippen molar-refractivity contribution in [2.75, 3.05) is 6.54 Å². The van der Waals surface area contributed by atoms with Gasteiger partial charge >= 0.3 is 5.63 Å². The zero-order valence-electron chi connectivity index (χ0n) is 17.8. The van der Waals surface area contributed by atoms with Gasteiger partial charge in [0.1, 0.15) is 16.9 Å². The molecule has 0 saturated carbocycles. The van der Waals surface area contributed by atoms with Crippen molar-refractivity contribution in [3.63, 3.8) is 0 Å². The van der Waals surface area contributed by atoms with E-state index in [1.807, 2.05) is 51.1 Å². The van der Waals surface area contributed by atoms with Crippen LogP contribution in [0.2, 0.25) is 5.02 Å². The summed E-state index contributed by atoms with van der Waals surface area (Å²) in [5.41, 5.74) is 4.37. The Morgan fingerprint density at radius 2 is 1.61 bits per heavy atom. The molecule has 160 valence electrons. The summed E-state index contributed by atoms with van der Waals surface area (Å²) < 4.78 is 11.3. The number of aryl methyl sites for hydroxylation is 3. The van der Waals surface area contributed by atoms with Crippen molar-refractivity contribution in [2.45, 2.75) is 40.0 Å². The number of hydrogen-bond acceptors (Lipinski definition) is 4. The summed E-state index contributed by atoms with van der Waals surface area (Å²) in [5, 5.41) is 5.48. The van der Waals surface area contributed by atoms with Gasteiger partial charge in [-0.2, -0.15) is 0 Å². The van der Waals surface area contributed by atoms with Gasteiger partial charge < -0.3 is 14.2 Å². The topological polar surface area (TPSA) is 72.5 Å². The smallest absolute Gasteiger partial charge is 0.339 e. The Balaban J connectivity index is 1.46. The molecule has 5 nitrogen and oxygen atoms in total. The predicted molar refractivity (Wildman–Crippen MR) is 123 cm³/mol. The van der Waals surface area contributed by atoms with Crippen LogP contribution in [0.25, 0.3) is 21.9 Å². The van der Waals surface area contributed by atoms with Gasteiger partial charge in [0, 0.05) is 40.4 Å². The lowest BCUT2D eigenvalue weighted by Gasteiger charge is -2.09. The molecule has 0 aliphatic heterocycles. The number of hydrogen-bond donors (Lipinski definition) is 1. The average molecular weight is 438 g/mol. The highest BCUT2D eigenvalue weighted by Gasteiger charge is 2.16. The number of amides is 1. The number of carbonyl (C=O) groups is 1. The maximum Gasteiger partial charge on any atom is 0.339 e. The van der Waals surface area contributed by atoms with E-state index in [0.29, 0.717) is 34.7 Å². The molecule has 31 heavy (non-hydrogen) atoms. The van der Waals surface area contributed by atoms with Gasteiger partial charge in [-0.15, -0.1) is 0 Å². The first-order valence-electron chi connectivity index (χ1n) is 10.3. The quantitative estimate of drug-likeness (QED) is 0.409. The van der Waals surface area contributed by atoms with E-state index in [1.165, 1.54) is 0 Å². The van der Waals surface area contributed by atoms with E-state index < -0.39 is 5.63 Å². The molecule has 4 rings (SSSR count). The lowest BCUT2D eigenvalue weighted by atomic mass is 10.0. The number of carbonyl (C=O) groups excluding carboxylic acids is 1. The Morgan fingerprint density at radius 3 is 2.35 bits per heavy atom. The first kappa shape index (κ1) is 21.2. The summed E-state index contributed by atoms with van der Waals surface area (Å²) in [7, 11) is 0. The van der Waals surface area contributed by atoms with Crippen LogP contribution in [0.3, 0.4) is 0 Å². The van der Waals surface area contributed by atoms with E-state index in [1.54, 1.807) is 6.07 Å². The van der Waals surface area contributed by atoms with Crippen LogP contribution >= 0.6 is 11.6 Å². The van der Waals surface area contributed by atoms with Crippen molar-refractivity contribution in [1.29, 1.82) is 0 Å². The molecule has 1 N–H and O–H groups in total. The van der Waals surface area contributed by atoms with E-state index in [4.69, 9.17) is 20.4 Å². The average Bonchev–Trinajstić information content (AvgIpc) is 3.01. The molecular formula is C25H24ClNO4. The third-order valence-electron chi connectivity index (χ3n) is 5.83. The van der Waals surface area contributed by atoms with Gasteiger partial charge in [0.15, 0.2) is 0 Å². The molecule has 0 saturated heterocycles. The molecule has 4 aromatic rings. The van der Waals surface area contributed by atoms with Gasteiger partial charge in [0.05, 0.1) is 0 Å². The molecule has 2 aromatic carbocycles. The van der Waals surface area contributed by atoms with E-state index in [-0.39, 0.29) is 12.3 Å². The molecule has 2 aromatic heterocycles. The van der Waals surface area contributed by atoms with Crippen LogP contribution in [0.4, 0.5) is 0 Å². The number of furan rings is 1. The predicted octanol–water partition coefficient (Wildman–Crippen LogP) is 5.41. The van der Waals surface area contributed by atoms with Crippen LogP contribution in [-0.2, 0) is 17.6 Å². The highest BCUT2D eigenvalue weighted by Crippen LogP contribution is 2.31. The SMILES string of the molecule is Cc1oc2cc3oc(=O)c(CCC(=O)NCCc4ccc(Cl)cc4)c(C)c3cc2c1C. The van der Waals surface area contributed by atoms with Gasteiger partial charge in [0.2, 0.25) is 5.91 Å². The van der Waals surface area contributed by atoms with Crippen LogP contribution in [0.15, 0.2) is 50.0 Å². The first-order chi connectivity index (χ1) is 14.8. The summed E-state index contributed by atoms with van der Waals surface area (Å²) in [5.74, 6) is 0.755.